The standard InChI is InChI=1S/C14H26N4/c1-17(2)11-9-15-12-13-8-10-18(16-13)14-6-4-3-5-7-14/h8,10,14-15H,3-7,9,11-12H2,1-2H3. The van der Waals surface area contributed by atoms with Crippen molar-refractivity contribution in [1.29, 1.82) is 0 Å². The van der Waals surface area contributed by atoms with Gasteiger partial charge in [0.15, 0.2) is 0 Å². The summed E-state index contributed by atoms with van der Waals surface area (Å²) in [4.78, 5) is 2.19. The van der Waals surface area contributed by atoms with Gasteiger partial charge in [-0.25, -0.2) is 0 Å². The maximum atomic E-state index is 4.69. The molecule has 4 nitrogen and oxygen atoms in total. The average Bonchev–Trinajstić information content (AvgIpc) is 2.84. The second-order valence-corrected chi connectivity index (χ2v) is 5.56. The molecule has 0 amide bonds. The van der Waals surface area contributed by atoms with Crippen molar-refractivity contribution in [2.24, 2.45) is 0 Å². The molecule has 102 valence electrons. The summed E-state index contributed by atoms with van der Waals surface area (Å²) < 4.78 is 2.18. The fraction of sp³-hybridized carbons (Fsp3) is 0.786. The first-order chi connectivity index (χ1) is 8.75. The molecule has 0 aliphatic heterocycles. The van der Waals surface area contributed by atoms with E-state index in [1.807, 2.05) is 0 Å². The van der Waals surface area contributed by atoms with Gasteiger partial charge < -0.3 is 10.2 Å². The van der Waals surface area contributed by atoms with Crippen molar-refractivity contribution in [3.63, 3.8) is 0 Å². The molecule has 0 spiro atoms. The lowest BCUT2D eigenvalue weighted by atomic mass is 9.96. The van der Waals surface area contributed by atoms with Crippen LogP contribution in [0.4, 0.5) is 0 Å². The lowest BCUT2D eigenvalue weighted by molar-refractivity contribution is 0.327. The van der Waals surface area contributed by atoms with Crippen molar-refractivity contribution in [2.45, 2.75) is 44.7 Å². The Labute approximate surface area is 110 Å². The topological polar surface area (TPSA) is 33.1 Å². The summed E-state index contributed by atoms with van der Waals surface area (Å²) in [5, 5.41) is 8.12. The maximum Gasteiger partial charge on any atom is 0.0762 e. The largest absolute Gasteiger partial charge is 0.310 e. The number of aromatic nitrogens is 2. The van der Waals surface area contributed by atoms with Crippen LogP contribution in [0.5, 0.6) is 0 Å². The van der Waals surface area contributed by atoms with Gasteiger partial charge in [-0.2, -0.15) is 5.10 Å². The predicted octanol–water partition coefficient (Wildman–Crippen LogP) is 2.04. The zero-order chi connectivity index (χ0) is 12.8. The fourth-order valence-corrected chi connectivity index (χ4v) is 2.54. The molecule has 1 aliphatic rings. The monoisotopic (exact) mass is 250 g/mol. The molecule has 1 aromatic rings. The molecule has 0 aromatic carbocycles. The highest BCUT2D eigenvalue weighted by molar-refractivity contribution is 4.99. The molecule has 0 bridgehead atoms. The first-order valence-corrected chi connectivity index (χ1v) is 7.15. The summed E-state index contributed by atoms with van der Waals surface area (Å²) >= 11 is 0. The van der Waals surface area contributed by atoms with Crippen LogP contribution in [0.1, 0.15) is 43.8 Å². The SMILES string of the molecule is CN(C)CCNCc1ccn(C2CCCCC2)n1. The van der Waals surface area contributed by atoms with Crippen LogP contribution < -0.4 is 5.32 Å². The Balaban J connectivity index is 1.75. The highest BCUT2D eigenvalue weighted by atomic mass is 15.3. The molecule has 4 heteroatoms. The molecule has 18 heavy (non-hydrogen) atoms. The van der Waals surface area contributed by atoms with E-state index in [-0.39, 0.29) is 0 Å². The Kier molecular flexibility index (Phi) is 5.20. The van der Waals surface area contributed by atoms with Gasteiger partial charge in [0, 0.05) is 25.8 Å². The number of likely N-dealkylation sites (N-methyl/N-ethyl adjacent to an activating group) is 1. The zero-order valence-corrected chi connectivity index (χ0v) is 11.7. The molecule has 1 fully saturated rings. The van der Waals surface area contributed by atoms with Crippen molar-refractivity contribution in [3.8, 4) is 0 Å². The first kappa shape index (κ1) is 13.6. The van der Waals surface area contributed by atoms with Gasteiger partial charge in [0.2, 0.25) is 0 Å². The van der Waals surface area contributed by atoms with E-state index in [0.717, 1.165) is 19.6 Å². The number of hydrogen-bond donors (Lipinski definition) is 1. The van der Waals surface area contributed by atoms with E-state index >= 15 is 0 Å². The minimum absolute atomic E-state index is 0.647. The van der Waals surface area contributed by atoms with Crippen molar-refractivity contribution in [3.05, 3.63) is 18.0 Å². The predicted molar refractivity (Wildman–Crippen MR) is 74.6 cm³/mol. The van der Waals surface area contributed by atoms with E-state index in [0.29, 0.717) is 6.04 Å². The van der Waals surface area contributed by atoms with Gasteiger partial charge in [0.1, 0.15) is 0 Å². The van der Waals surface area contributed by atoms with Gasteiger partial charge in [-0.3, -0.25) is 4.68 Å². The molecule has 0 saturated heterocycles. The van der Waals surface area contributed by atoms with Crippen LogP contribution in [0, 0.1) is 0 Å². The fourth-order valence-electron chi connectivity index (χ4n) is 2.54. The summed E-state index contributed by atoms with van der Waals surface area (Å²) in [5.74, 6) is 0. The molecule has 1 heterocycles. The Hall–Kier alpha value is -0.870. The third-order valence-electron chi connectivity index (χ3n) is 3.65. The molecule has 0 radical (unpaired) electrons. The van der Waals surface area contributed by atoms with E-state index in [2.05, 4.69) is 41.3 Å². The third-order valence-corrected chi connectivity index (χ3v) is 3.65. The van der Waals surface area contributed by atoms with Gasteiger partial charge in [-0.1, -0.05) is 19.3 Å². The highest BCUT2D eigenvalue weighted by Gasteiger charge is 2.15. The van der Waals surface area contributed by atoms with Crippen molar-refractivity contribution < 1.29 is 0 Å². The smallest absolute Gasteiger partial charge is 0.0762 e. The molecule has 1 saturated carbocycles. The summed E-state index contributed by atoms with van der Waals surface area (Å²) in [5.41, 5.74) is 1.17. The first-order valence-electron chi connectivity index (χ1n) is 7.15. The Morgan fingerprint density at radius 2 is 2.11 bits per heavy atom. The second-order valence-electron chi connectivity index (χ2n) is 5.56. The Morgan fingerprint density at radius 3 is 2.83 bits per heavy atom. The third kappa shape index (κ3) is 4.10. The molecule has 0 unspecified atom stereocenters. The highest BCUT2D eigenvalue weighted by Crippen LogP contribution is 2.27. The Bertz CT molecular complexity index is 339. The van der Waals surface area contributed by atoms with Crippen LogP contribution >= 0.6 is 0 Å². The second kappa shape index (κ2) is 6.90. The molecule has 1 aliphatic carbocycles. The van der Waals surface area contributed by atoms with E-state index in [9.17, 15) is 0 Å². The molecule has 1 N–H and O–H groups in total. The minimum Gasteiger partial charge on any atom is -0.310 e. The quantitative estimate of drug-likeness (QED) is 0.784. The van der Waals surface area contributed by atoms with Crippen molar-refractivity contribution in [1.82, 2.24) is 20.0 Å². The molecule has 1 aromatic heterocycles. The number of nitrogens with one attached hydrogen (secondary N) is 1. The molecular weight excluding hydrogens is 224 g/mol. The van der Waals surface area contributed by atoms with Crippen LogP contribution in [0.25, 0.3) is 0 Å². The van der Waals surface area contributed by atoms with E-state index in [1.54, 1.807) is 0 Å². The average molecular weight is 250 g/mol. The van der Waals surface area contributed by atoms with Crippen LogP contribution in [0.3, 0.4) is 0 Å². The minimum atomic E-state index is 0.647. The summed E-state index contributed by atoms with van der Waals surface area (Å²) in [7, 11) is 4.19. The lowest BCUT2D eigenvalue weighted by Crippen LogP contribution is -2.26. The summed E-state index contributed by atoms with van der Waals surface area (Å²) in [6.45, 7) is 2.97. The van der Waals surface area contributed by atoms with E-state index in [1.165, 1.54) is 37.8 Å². The molecule has 0 atom stereocenters. The van der Waals surface area contributed by atoms with Gasteiger partial charge in [0.05, 0.1) is 11.7 Å². The van der Waals surface area contributed by atoms with Crippen LogP contribution in [-0.2, 0) is 6.54 Å². The maximum absolute atomic E-state index is 4.69. The van der Waals surface area contributed by atoms with E-state index in [4.69, 9.17) is 5.10 Å². The molecule has 2 rings (SSSR count). The van der Waals surface area contributed by atoms with Crippen LogP contribution in [0.15, 0.2) is 12.3 Å². The lowest BCUT2D eigenvalue weighted by Gasteiger charge is -2.21. The number of rotatable bonds is 6. The van der Waals surface area contributed by atoms with Crippen molar-refractivity contribution in [2.75, 3.05) is 27.2 Å². The summed E-state index contributed by atoms with van der Waals surface area (Å²) in [6, 6.07) is 2.80. The normalized spacial score (nSPS) is 17.5. The number of nitrogens with zero attached hydrogens (tertiary/aromatic N) is 3. The Morgan fingerprint density at radius 1 is 1.33 bits per heavy atom. The molecular formula is C14H26N4. The van der Waals surface area contributed by atoms with E-state index < -0.39 is 0 Å². The van der Waals surface area contributed by atoms with Gasteiger partial charge in [0.25, 0.3) is 0 Å². The van der Waals surface area contributed by atoms with Crippen LogP contribution in [-0.4, -0.2) is 41.9 Å². The van der Waals surface area contributed by atoms with Gasteiger partial charge >= 0.3 is 0 Å². The van der Waals surface area contributed by atoms with Gasteiger partial charge in [-0.15, -0.1) is 0 Å². The zero-order valence-electron chi connectivity index (χ0n) is 11.7. The van der Waals surface area contributed by atoms with Crippen molar-refractivity contribution >= 4 is 0 Å². The summed E-state index contributed by atoms with van der Waals surface area (Å²) in [6.07, 6.45) is 8.88. The van der Waals surface area contributed by atoms with Crippen LogP contribution in [0.2, 0.25) is 0 Å². The van der Waals surface area contributed by atoms with Gasteiger partial charge in [-0.05, 0) is 33.0 Å². The number of hydrogen-bond acceptors (Lipinski definition) is 3.